The smallest absolute Gasteiger partial charge is 0.222 e. The molecule has 1 amide bonds. The van der Waals surface area contributed by atoms with Gasteiger partial charge >= 0.3 is 0 Å². The second-order valence-electron chi connectivity index (χ2n) is 5.86. The number of nitrogens with zero attached hydrogens (tertiary/aromatic N) is 3. The summed E-state index contributed by atoms with van der Waals surface area (Å²) in [5, 5.41) is 5.40. The van der Waals surface area contributed by atoms with E-state index in [-0.39, 0.29) is 0 Å². The van der Waals surface area contributed by atoms with Crippen LogP contribution in [0.2, 0.25) is 0 Å². The summed E-state index contributed by atoms with van der Waals surface area (Å²) >= 11 is 3.46. The van der Waals surface area contributed by atoms with E-state index in [2.05, 4.69) is 34.7 Å². The summed E-state index contributed by atoms with van der Waals surface area (Å²) in [7, 11) is 0. The number of thiophene rings is 1. The predicted octanol–water partition coefficient (Wildman–Crippen LogP) is 3.71. The SMILES string of the molecule is CCCCC(=O)N1CCN(Cc2nc(-c3cccs3)cs2)CC1. The number of carbonyl (C=O) groups is 1. The van der Waals surface area contributed by atoms with Crippen molar-refractivity contribution in [3.63, 3.8) is 0 Å². The minimum atomic E-state index is 0.320. The van der Waals surface area contributed by atoms with Gasteiger partial charge < -0.3 is 4.90 Å². The number of thiazole rings is 1. The lowest BCUT2D eigenvalue weighted by atomic mass is 10.2. The number of hydrogen-bond donors (Lipinski definition) is 0. The van der Waals surface area contributed by atoms with Gasteiger partial charge in [-0.15, -0.1) is 22.7 Å². The van der Waals surface area contributed by atoms with Gasteiger partial charge in [0.2, 0.25) is 5.91 Å². The third-order valence-electron chi connectivity index (χ3n) is 4.15. The molecule has 0 bridgehead atoms. The maximum atomic E-state index is 12.1. The van der Waals surface area contributed by atoms with Crippen molar-refractivity contribution in [1.82, 2.24) is 14.8 Å². The van der Waals surface area contributed by atoms with Crippen molar-refractivity contribution in [3.05, 3.63) is 27.9 Å². The van der Waals surface area contributed by atoms with Crippen molar-refractivity contribution in [2.24, 2.45) is 0 Å². The largest absolute Gasteiger partial charge is 0.340 e. The highest BCUT2D eigenvalue weighted by atomic mass is 32.1. The Morgan fingerprint density at radius 1 is 1.26 bits per heavy atom. The molecule has 0 spiro atoms. The normalized spacial score (nSPS) is 16.0. The first-order valence-corrected chi connectivity index (χ1v) is 10.0. The van der Waals surface area contributed by atoms with E-state index < -0.39 is 0 Å². The van der Waals surface area contributed by atoms with E-state index in [0.717, 1.165) is 51.3 Å². The van der Waals surface area contributed by atoms with E-state index in [1.165, 1.54) is 9.88 Å². The van der Waals surface area contributed by atoms with Gasteiger partial charge in [-0.1, -0.05) is 19.4 Å². The summed E-state index contributed by atoms with van der Waals surface area (Å²) in [5.41, 5.74) is 1.09. The van der Waals surface area contributed by atoms with Crippen LogP contribution in [0.1, 0.15) is 31.2 Å². The zero-order valence-corrected chi connectivity index (χ0v) is 15.2. The Morgan fingerprint density at radius 3 is 2.78 bits per heavy atom. The molecule has 0 saturated carbocycles. The molecule has 2 aromatic heterocycles. The lowest BCUT2D eigenvalue weighted by Gasteiger charge is -2.34. The Labute approximate surface area is 145 Å². The minimum Gasteiger partial charge on any atom is -0.340 e. The molecule has 0 unspecified atom stereocenters. The zero-order valence-electron chi connectivity index (χ0n) is 13.5. The maximum Gasteiger partial charge on any atom is 0.222 e. The fourth-order valence-electron chi connectivity index (χ4n) is 2.75. The Hall–Kier alpha value is -1.24. The number of piperazine rings is 1. The molecular formula is C17H23N3OS2. The van der Waals surface area contributed by atoms with Crippen LogP contribution in [0.15, 0.2) is 22.9 Å². The lowest BCUT2D eigenvalue weighted by molar-refractivity contribution is -0.133. The van der Waals surface area contributed by atoms with Crippen molar-refractivity contribution in [1.29, 1.82) is 0 Å². The number of hydrogen-bond acceptors (Lipinski definition) is 5. The minimum absolute atomic E-state index is 0.320. The molecule has 0 aliphatic carbocycles. The molecule has 4 nitrogen and oxygen atoms in total. The Bertz CT molecular complexity index is 616. The van der Waals surface area contributed by atoms with Crippen LogP contribution >= 0.6 is 22.7 Å². The first-order chi connectivity index (χ1) is 11.3. The molecule has 2 aromatic rings. The van der Waals surface area contributed by atoms with Gasteiger partial charge in [-0.3, -0.25) is 9.69 Å². The van der Waals surface area contributed by atoms with Crippen LogP contribution in [0.3, 0.4) is 0 Å². The van der Waals surface area contributed by atoms with Crippen molar-refractivity contribution in [2.75, 3.05) is 26.2 Å². The molecule has 1 fully saturated rings. The van der Waals surface area contributed by atoms with Gasteiger partial charge in [0.25, 0.3) is 0 Å². The quantitative estimate of drug-likeness (QED) is 0.798. The summed E-state index contributed by atoms with van der Waals surface area (Å²) in [6.45, 7) is 6.63. The summed E-state index contributed by atoms with van der Waals surface area (Å²) < 4.78 is 0. The van der Waals surface area contributed by atoms with E-state index in [1.54, 1.807) is 22.7 Å². The molecule has 0 radical (unpaired) electrons. The molecule has 1 aliphatic rings. The second-order valence-corrected chi connectivity index (χ2v) is 7.75. The molecule has 3 heterocycles. The number of carbonyl (C=O) groups excluding carboxylic acids is 1. The Kier molecular flexibility index (Phi) is 5.80. The van der Waals surface area contributed by atoms with Crippen molar-refractivity contribution < 1.29 is 4.79 Å². The van der Waals surface area contributed by atoms with Crippen LogP contribution in [0.25, 0.3) is 10.6 Å². The van der Waals surface area contributed by atoms with Gasteiger partial charge in [0.1, 0.15) is 5.01 Å². The highest BCUT2D eigenvalue weighted by Gasteiger charge is 2.21. The van der Waals surface area contributed by atoms with Crippen LogP contribution in [0, 0.1) is 0 Å². The van der Waals surface area contributed by atoms with Gasteiger partial charge in [0.05, 0.1) is 17.1 Å². The second kappa shape index (κ2) is 8.04. The monoisotopic (exact) mass is 349 g/mol. The van der Waals surface area contributed by atoms with Crippen LogP contribution in [-0.2, 0) is 11.3 Å². The highest BCUT2D eigenvalue weighted by molar-refractivity contribution is 7.14. The van der Waals surface area contributed by atoms with Gasteiger partial charge in [-0.05, 0) is 17.9 Å². The molecule has 124 valence electrons. The van der Waals surface area contributed by atoms with Gasteiger partial charge in [-0.2, -0.15) is 0 Å². The topological polar surface area (TPSA) is 36.4 Å². The third-order valence-corrected chi connectivity index (χ3v) is 5.88. The summed E-state index contributed by atoms with van der Waals surface area (Å²) in [6, 6.07) is 4.18. The number of rotatable bonds is 6. The van der Waals surface area contributed by atoms with E-state index in [1.807, 2.05) is 4.90 Å². The number of amides is 1. The lowest BCUT2D eigenvalue weighted by Crippen LogP contribution is -2.48. The Balaban J connectivity index is 1.48. The standard InChI is InChI=1S/C17H23N3OS2/c1-2-3-6-17(21)20-9-7-19(8-10-20)12-16-18-14(13-23-16)15-5-4-11-22-15/h4-5,11,13H,2-3,6-10,12H2,1H3. The van der Waals surface area contributed by atoms with Crippen LogP contribution < -0.4 is 0 Å². The molecule has 6 heteroatoms. The maximum absolute atomic E-state index is 12.1. The van der Waals surface area contributed by atoms with Crippen LogP contribution in [0.5, 0.6) is 0 Å². The predicted molar refractivity (Wildman–Crippen MR) is 96.8 cm³/mol. The van der Waals surface area contributed by atoms with Crippen molar-refractivity contribution in [2.45, 2.75) is 32.7 Å². The van der Waals surface area contributed by atoms with E-state index in [0.29, 0.717) is 12.3 Å². The van der Waals surface area contributed by atoms with Gasteiger partial charge in [-0.25, -0.2) is 4.98 Å². The summed E-state index contributed by atoms with van der Waals surface area (Å²) in [4.78, 5) is 22.5. The number of unbranched alkanes of at least 4 members (excludes halogenated alkanes) is 1. The molecule has 0 atom stereocenters. The molecule has 0 N–H and O–H groups in total. The fourth-order valence-corrected chi connectivity index (χ4v) is 4.35. The van der Waals surface area contributed by atoms with Crippen LogP contribution in [-0.4, -0.2) is 46.9 Å². The van der Waals surface area contributed by atoms with Gasteiger partial charge in [0, 0.05) is 38.0 Å². The van der Waals surface area contributed by atoms with E-state index in [9.17, 15) is 4.79 Å². The third kappa shape index (κ3) is 4.40. The van der Waals surface area contributed by atoms with Crippen LogP contribution in [0.4, 0.5) is 0 Å². The zero-order chi connectivity index (χ0) is 16.1. The average molecular weight is 350 g/mol. The van der Waals surface area contributed by atoms with Gasteiger partial charge in [0.15, 0.2) is 0 Å². The molecule has 3 rings (SSSR count). The number of aromatic nitrogens is 1. The summed E-state index contributed by atoms with van der Waals surface area (Å²) in [6.07, 6.45) is 2.79. The first kappa shape index (κ1) is 16.6. The molecule has 1 aliphatic heterocycles. The molecule has 23 heavy (non-hydrogen) atoms. The molecule has 0 aromatic carbocycles. The van der Waals surface area contributed by atoms with E-state index >= 15 is 0 Å². The summed E-state index contributed by atoms with van der Waals surface area (Å²) in [5.74, 6) is 0.320. The first-order valence-electron chi connectivity index (χ1n) is 8.24. The molecular weight excluding hydrogens is 326 g/mol. The van der Waals surface area contributed by atoms with E-state index in [4.69, 9.17) is 4.98 Å². The van der Waals surface area contributed by atoms with Crippen molar-refractivity contribution in [3.8, 4) is 10.6 Å². The highest BCUT2D eigenvalue weighted by Crippen LogP contribution is 2.26. The van der Waals surface area contributed by atoms with Crippen molar-refractivity contribution >= 4 is 28.6 Å². The Morgan fingerprint density at radius 2 is 2.09 bits per heavy atom. The molecule has 1 saturated heterocycles. The average Bonchev–Trinajstić information content (AvgIpc) is 3.24. The fraction of sp³-hybridized carbons (Fsp3) is 0.529.